The summed E-state index contributed by atoms with van der Waals surface area (Å²) < 4.78 is 5.32. The maximum atomic E-state index is 5.32. The van der Waals surface area contributed by atoms with Crippen molar-refractivity contribution in [1.29, 1.82) is 0 Å². The summed E-state index contributed by atoms with van der Waals surface area (Å²) in [5.41, 5.74) is 0. The molecule has 1 rings (SSSR count). The fourth-order valence-corrected chi connectivity index (χ4v) is 1.77. The molecular weight excluding hydrogens is 174 g/mol. The van der Waals surface area contributed by atoms with Crippen LogP contribution in [0, 0.1) is 5.92 Å². The minimum absolute atomic E-state index is 0.767. The minimum Gasteiger partial charge on any atom is -0.381 e. The average Bonchev–Trinajstić information content (AvgIpc) is 2.69. The minimum atomic E-state index is 0.767. The predicted octanol–water partition coefficient (Wildman–Crippen LogP) is 2.36. The largest absolute Gasteiger partial charge is 0.381 e. The van der Waals surface area contributed by atoms with Gasteiger partial charge in [0.2, 0.25) is 0 Å². The van der Waals surface area contributed by atoms with E-state index >= 15 is 0 Å². The highest BCUT2D eigenvalue weighted by molar-refractivity contribution is 4.67. The van der Waals surface area contributed by atoms with E-state index in [1.54, 1.807) is 0 Å². The summed E-state index contributed by atoms with van der Waals surface area (Å²) in [6.45, 7) is 7.94. The van der Waals surface area contributed by atoms with Crippen LogP contribution in [-0.4, -0.2) is 26.3 Å². The highest BCUT2D eigenvalue weighted by Crippen LogP contribution is 2.10. The predicted molar refractivity (Wildman–Crippen MR) is 60.5 cm³/mol. The van der Waals surface area contributed by atoms with Crippen molar-refractivity contribution >= 4 is 0 Å². The van der Waals surface area contributed by atoms with Crippen molar-refractivity contribution in [1.82, 2.24) is 5.32 Å². The molecule has 1 aliphatic heterocycles. The smallest absolute Gasteiger partial charge is 0.0507 e. The molecule has 0 radical (unpaired) electrons. The van der Waals surface area contributed by atoms with Crippen LogP contribution in [0.15, 0.2) is 12.7 Å². The van der Waals surface area contributed by atoms with Gasteiger partial charge in [0.25, 0.3) is 0 Å². The molecule has 0 bridgehead atoms. The summed E-state index contributed by atoms with van der Waals surface area (Å²) in [4.78, 5) is 0. The van der Waals surface area contributed by atoms with Gasteiger partial charge in [-0.1, -0.05) is 12.5 Å². The Balaban J connectivity index is 1.77. The van der Waals surface area contributed by atoms with Crippen molar-refractivity contribution < 1.29 is 4.74 Å². The number of allylic oxidation sites excluding steroid dienone is 1. The van der Waals surface area contributed by atoms with Crippen molar-refractivity contribution in [2.75, 3.05) is 26.3 Å². The molecule has 1 atom stereocenters. The summed E-state index contributed by atoms with van der Waals surface area (Å²) in [6, 6.07) is 0. The molecule has 1 saturated heterocycles. The molecule has 2 heteroatoms. The summed E-state index contributed by atoms with van der Waals surface area (Å²) in [5, 5.41) is 3.50. The zero-order valence-corrected chi connectivity index (χ0v) is 9.13. The van der Waals surface area contributed by atoms with Gasteiger partial charge >= 0.3 is 0 Å². The van der Waals surface area contributed by atoms with E-state index in [0.717, 1.165) is 38.6 Å². The van der Waals surface area contributed by atoms with Gasteiger partial charge < -0.3 is 10.1 Å². The zero-order valence-electron chi connectivity index (χ0n) is 9.13. The Hall–Kier alpha value is -0.340. The topological polar surface area (TPSA) is 21.3 Å². The van der Waals surface area contributed by atoms with E-state index in [2.05, 4.69) is 11.9 Å². The fourth-order valence-electron chi connectivity index (χ4n) is 1.77. The lowest BCUT2D eigenvalue weighted by Crippen LogP contribution is -2.23. The lowest BCUT2D eigenvalue weighted by molar-refractivity contribution is 0.185. The van der Waals surface area contributed by atoms with Gasteiger partial charge in [0.1, 0.15) is 0 Å². The Labute approximate surface area is 87.7 Å². The average molecular weight is 197 g/mol. The maximum absolute atomic E-state index is 5.32. The highest BCUT2D eigenvalue weighted by Gasteiger charge is 2.14. The third-order valence-corrected chi connectivity index (χ3v) is 2.72. The fraction of sp³-hybridized carbons (Fsp3) is 0.833. The van der Waals surface area contributed by atoms with Crippen LogP contribution in [0.1, 0.15) is 32.1 Å². The Morgan fingerprint density at radius 1 is 1.36 bits per heavy atom. The van der Waals surface area contributed by atoms with E-state index in [1.165, 1.54) is 25.7 Å². The Morgan fingerprint density at radius 2 is 2.29 bits per heavy atom. The SMILES string of the molecule is C=CCCCCCNCC1CCOC1. The van der Waals surface area contributed by atoms with Crippen LogP contribution in [0.25, 0.3) is 0 Å². The molecule has 0 aromatic rings. The third-order valence-electron chi connectivity index (χ3n) is 2.72. The van der Waals surface area contributed by atoms with Gasteiger partial charge in [-0.2, -0.15) is 0 Å². The lowest BCUT2D eigenvalue weighted by atomic mass is 10.1. The Bertz CT molecular complexity index is 141. The normalized spacial score (nSPS) is 21.3. The summed E-state index contributed by atoms with van der Waals surface area (Å²) in [7, 11) is 0. The summed E-state index contributed by atoms with van der Waals surface area (Å²) in [5.74, 6) is 0.767. The molecule has 1 N–H and O–H groups in total. The number of rotatable bonds is 8. The van der Waals surface area contributed by atoms with E-state index in [0.29, 0.717) is 0 Å². The van der Waals surface area contributed by atoms with Crippen LogP contribution in [0.4, 0.5) is 0 Å². The van der Waals surface area contributed by atoms with Crippen molar-refractivity contribution in [2.45, 2.75) is 32.1 Å². The van der Waals surface area contributed by atoms with Crippen LogP contribution < -0.4 is 5.32 Å². The molecule has 0 amide bonds. The van der Waals surface area contributed by atoms with E-state index in [1.807, 2.05) is 6.08 Å². The maximum Gasteiger partial charge on any atom is 0.0507 e. The van der Waals surface area contributed by atoms with E-state index in [4.69, 9.17) is 4.74 Å². The molecule has 2 nitrogen and oxygen atoms in total. The van der Waals surface area contributed by atoms with Gasteiger partial charge in [-0.15, -0.1) is 6.58 Å². The molecule has 1 heterocycles. The van der Waals surface area contributed by atoms with Crippen molar-refractivity contribution in [3.05, 3.63) is 12.7 Å². The number of nitrogens with one attached hydrogen (secondary N) is 1. The lowest BCUT2D eigenvalue weighted by Gasteiger charge is -2.08. The quantitative estimate of drug-likeness (QED) is 0.476. The molecule has 0 spiro atoms. The molecule has 1 unspecified atom stereocenters. The molecule has 0 aromatic carbocycles. The van der Waals surface area contributed by atoms with Gasteiger partial charge in [0, 0.05) is 13.2 Å². The first-order chi connectivity index (χ1) is 6.93. The Kier molecular flexibility index (Phi) is 6.71. The van der Waals surface area contributed by atoms with Crippen LogP contribution in [0.3, 0.4) is 0 Å². The second-order valence-electron chi connectivity index (χ2n) is 4.07. The van der Waals surface area contributed by atoms with Gasteiger partial charge in [-0.25, -0.2) is 0 Å². The Morgan fingerprint density at radius 3 is 3.00 bits per heavy atom. The molecule has 14 heavy (non-hydrogen) atoms. The van der Waals surface area contributed by atoms with Crippen LogP contribution in [0.5, 0.6) is 0 Å². The van der Waals surface area contributed by atoms with Gasteiger partial charge in [0.15, 0.2) is 0 Å². The molecule has 1 aliphatic rings. The first kappa shape index (κ1) is 11.7. The number of hydrogen-bond donors (Lipinski definition) is 1. The van der Waals surface area contributed by atoms with Crippen LogP contribution >= 0.6 is 0 Å². The number of hydrogen-bond acceptors (Lipinski definition) is 2. The molecule has 1 fully saturated rings. The molecular formula is C12H23NO. The van der Waals surface area contributed by atoms with Crippen molar-refractivity contribution in [3.63, 3.8) is 0 Å². The standard InChI is InChI=1S/C12H23NO/c1-2-3-4-5-6-8-13-10-12-7-9-14-11-12/h2,12-13H,1,3-11H2. The second-order valence-corrected chi connectivity index (χ2v) is 4.07. The third kappa shape index (κ3) is 5.40. The zero-order chi connectivity index (χ0) is 10.1. The van der Waals surface area contributed by atoms with Gasteiger partial charge in [-0.05, 0) is 38.1 Å². The van der Waals surface area contributed by atoms with E-state index < -0.39 is 0 Å². The highest BCUT2D eigenvalue weighted by atomic mass is 16.5. The summed E-state index contributed by atoms with van der Waals surface area (Å²) in [6.07, 6.45) is 8.31. The first-order valence-electron chi connectivity index (χ1n) is 5.83. The number of ether oxygens (including phenoxy) is 1. The second kappa shape index (κ2) is 8.01. The first-order valence-corrected chi connectivity index (χ1v) is 5.83. The van der Waals surface area contributed by atoms with E-state index in [9.17, 15) is 0 Å². The van der Waals surface area contributed by atoms with Crippen LogP contribution in [-0.2, 0) is 4.74 Å². The van der Waals surface area contributed by atoms with E-state index in [-0.39, 0.29) is 0 Å². The van der Waals surface area contributed by atoms with Gasteiger partial charge in [-0.3, -0.25) is 0 Å². The molecule has 0 aliphatic carbocycles. The van der Waals surface area contributed by atoms with Gasteiger partial charge in [0.05, 0.1) is 6.61 Å². The molecule has 0 aromatic heterocycles. The van der Waals surface area contributed by atoms with Crippen LogP contribution in [0.2, 0.25) is 0 Å². The van der Waals surface area contributed by atoms with Crippen molar-refractivity contribution in [3.8, 4) is 0 Å². The van der Waals surface area contributed by atoms with Crippen molar-refractivity contribution in [2.24, 2.45) is 5.92 Å². The number of unbranched alkanes of at least 4 members (excludes halogenated alkanes) is 3. The summed E-state index contributed by atoms with van der Waals surface area (Å²) >= 11 is 0. The molecule has 82 valence electrons. The molecule has 0 saturated carbocycles. The monoisotopic (exact) mass is 197 g/mol.